The van der Waals surface area contributed by atoms with E-state index in [0.717, 1.165) is 41.5 Å². The summed E-state index contributed by atoms with van der Waals surface area (Å²) < 4.78 is 1.38. The van der Waals surface area contributed by atoms with Gasteiger partial charge in [0.2, 0.25) is 0 Å². The van der Waals surface area contributed by atoms with Gasteiger partial charge in [-0.15, -0.1) is 5.10 Å². The smallest absolute Gasteiger partial charge is 0.280 e. The van der Waals surface area contributed by atoms with Crippen molar-refractivity contribution in [3.63, 3.8) is 0 Å². The van der Waals surface area contributed by atoms with E-state index in [-0.39, 0.29) is 5.91 Å². The van der Waals surface area contributed by atoms with E-state index in [1.165, 1.54) is 4.68 Å². The van der Waals surface area contributed by atoms with Gasteiger partial charge in [0.25, 0.3) is 5.91 Å². The van der Waals surface area contributed by atoms with Crippen LogP contribution in [0.2, 0.25) is 0 Å². The van der Waals surface area contributed by atoms with Gasteiger partial charge in [-0.3, -0.25) is 9.78 Å². The summed E-state index contributed by atoms with van der Waals surface area (Å²) in [7, 11) is 0. The Bertz CT molecular complexity index is 883. The van der Waals surface area contributed by atoms with Gasteiger partial charge in [0.05, 0.1) is 11.1 Å². The Morgan fingerprint density at radius 3 is 3.05 bits per heavy atom. The average Bonchev–Trinajstić information content (AvgIpc) is 2.91. The van der Waals surface area contributed by atoms with Gasteiger partial charge in [0.15, 0.2) is 5.82 Å². The minimum atomic E-state index is -0.181. The molecular formula is C16H15N5O. The molecule has 3 aromatic rings. The monoisotopic (exact) mass is 293 g/mol. The Hall–Kier alpha value is -2.73. The Labute approximate surface area is 127 Å². The molecule has 0 unspecified atom stereocenters. The van der Waals surface area contributed by atoms with Crippen LogP contribution >= 0.6 is 0 Å². The van der Waals surface area contributed by atoms with Crippen LogP contribution in [0, 0.1) is 0 Å². The van der Waals surface area contributed by atoms with Crippen LogP contribution in [0.4, 0.5) is 5.82 Å². The number of nitrogen functional groups attached to an aromatic ring is 1. The number of nitrogens with zero attached hydrogens (tertiary/aromatic N) is 3. The number of fused-ring (bicyclic) bond motifs is 2. The van der Waals surface area contributed by atoms with Gasteiger partial charge in [-0.05, 0) is 36.2 Å². The molecule has 6 heteroatoms. The number of pyridine rings is 1. The summed E-state index contributed by atoms with van der Waals surface area (Å²) in [6.45, 7) is 1.60. The highest BCUT2D eigenvalue weighted by molar-refractivity contribution is 6.04. The van der Waals surface area contributed by atoms with Crippen molar-refractivity contribution < 1.29 is 4.79 Å². The number of rotatable bonds is 1. The van der Waals surface area contributed by atoms with Crippen molar-refractivity contribution in [1.29, 1.82) is 0 Å². The minimum Gasteiger partial charge on any atom is -0.382 e. The third-order valence-electron chi connectivity index (χ3n) is 4.05. The average molecular weight is 293 g/mol. The fourth-order valence-corrected chi connectivity index (χ4v) is 2.96. The van der Waals surface area contributed by atoms with E-state index >= 15 is 0 Å². The zero-order chi connectivity index (χ0) is 15.1. The molecule has 4 rings (SSSR count). The summed E-state index contributed by atoms with van der Waals surface area (Å²) in [6.07, 6.45) is 4.25. The second-order valence-corrected chi connectivity index (χ2v) is 5.37. The molecule has 22 heavy (non-hydrogen) atoms. The van der Waals surface area contributed by atoms with E-state index in [9.17, 15) is 4.79 Å². The van der Waals surface area contributed by atoms with Crippen LogP contribution in [-0.2, 0) is 13.0 Å². The standard InChI is InChI=1S/C16H15N5O/c17-15-12-3-1-2-4-14(12)21(20-15)16(22)13-9-19-8-10-7-18-6-5-11(10)13/h1-4,8-9,18H,5-7H2,(H2,17,20). The number of carbonyl (C=O) groups is 1. The minimum absolute atomic E-state index is 0.181. The summed E-state index contributed by atoms with van der Waals surface area (Å²) in [6, 6.07) is 7.47. The second kappa shape index (κ2) is 4.92. The molecule has 0 spiro atoms. The van der Waals surface area contributed by atoms with E-state index in [2.05, 4.69) is 15.4 Å². The highest BCUT2D eigenvalue weighted by Gasteiger charge is 2.21. The zero-order valence-electron chi connectivity index (χ0n) is 11.9. The number of hydrogen-bond acceptors (Lipinski definition) is 5. The van der Waals surface area contributed by atoms with Crippen molar-refractivity contribution in [2.24, 2.45) is 0 Å². The molecule has 110 valence electrons. The molecule has 0 fully saturated rings. The van der Waals surface area contributed by atoms with Crippen molar-refractivity contribution in [3.8, 4) is 0 Å². The summed E-state index contributed by atoms with van der Waals surface area (Å²) in [5.74, 6) is 0.183. The molecular weight excluding hydrogens is 278 g/mol. The first kappa shape index (κ1) is 13.0. The Morgan fingerprint density at radius 1 is 1.27 bits per heavy atom. The molecule has 0 saturated heterocycles. The van der Waals surface area contributed by atoms with Gasteiger partial charge in [-0.2, -0.15) is 4.68 Å². The first-order valence-electron chi connectivity index (χ1n) is 7.20. The van der Waals surface area contributed by atoms with Crippen molar-refractivity contribution in [1.82, 2.24) is 20.1 Å². The lowest BCUT2D eigenvalue weighted by Gasteiger charge is -2.19. The summed E-state index contributed by atoms with van der Waals surface area (Å²) in [5.41, 5.74) is 9.37. The van der Waals surface area contributed by atoms with Crippen LogP contribution in [-0.4, -0.2) is 27.2 Å². The van der Waals surface area contributed by atoms with E-state index in [0.29, 0.717) is 11.4 Å². The molecule has 3 heterocycles. The fraction of sp³-hybridized carbons (Fsp3) is 0.188. The van der Waals surface area contributed by atoms with Crippen molar-refractivity contribution in [3.05, 3.63) is 53.3 Å². The van der Waals surface area contributed by atoms with Crippen molar-refractivity contribution in [2.75, 3.05) is 12.3 Å². The van der Waals surface area contributed by atoms with Gasteiger partial charge >= 0.3 is 0 Å². The largest absolute Gasteiger partial charge is 0.382 e. The first-order valence-corrected chi connectivity index (χ1v) is 7.20. The SMILES string of the molecule is Nc1nn(C(=O)c2cncc3c2CCNC3)c2ccccc12. The number of benzene rings is 1. The van der Waals surface area contributed by atoms with Gasteiger partial charge in [0.1, 0.15) is 0 Å². The van der Waals surface area contributed by atoms with Crippen LogP contribution in [0.3, 0.4) is 0 Å². The predicted octanol–water partition coefficient (Wildman–Crippen LogP) is 1.35. The molecule has 0 amide bonds. The molecule has 0 bridgehead atoms. The van der Waals surface area contributed by atoms with E-state index in [1.807, 2.05) is 30.5 Å². The Balaban J connectivity index is 1.88. The maximum atomic E-state index is 12.9. The molecule has 2 aromatic heterocycles. The molecule has 0 radical (unpaired) electrons. The fourth-order valence-electron chi connectivity index (χ4n) is 2.96. The number of anilines is 1. The first-order chi connectivity index (χ1) is 10.8. The molecule has 0 aliphatic carbocycles. The van der Waals surface area contributed by atoms with Gasteiger partial charge in [-0.1, -0.05) is 12.1 Å². The van der Waals surface area contributed by atoms with Gasteiger partial charge in [0, 0.05) is 24.3 Å². The third kappa shape index (κ3) is 1.88. The van der Waals surface area contributed by atoms with Crippen LogP contribution in [0.15, 0.2) is 36.7 Å². The number of nitrogens with one attached hydrogen (secondary N) is 1. The molecule has 0 saturated carbocycles. The van der Waals surface area contributed by atoms with Crippen LogP contribution < -0.4 is 11.1 Å². The van der Waals surface area contributed by atoms with Crippen LogP contribution in [0.5, 0.6) is 0 Å². The van der Waals surface area contributed by atoms with Crippen molar-refractivity contribution >= 4 is 22.6 Å². The predicted molar refractivity (Wildman–Crippen MR) is 83.5 cm³/mol. The molecule has 0 atom stereocenters. The zero-order valence-corrected chi connectivity index (χ0v) is 11.9. The Morgan fingerprint density at radius 2 is 2.14 bits per heavy atom. The Kier molecular flexibility index (Phi) is 2.90. The van der Waals surface area contributed by atoms with E-state index in [4.69, 9.17) is 5.73 Å². The maximum absolute atomic E-state index is 12.9. The second-order valence-electron chi connectivity index (χ2n) is 5.37. The molecule has 3 N–H and O–H groups in total. The lowest BCUT2D eigenvalue weighted by molar-refractivity contribution is 0.0949. The van der Waals surface area contributed by atoms with Gasteiger partial charge < -0.3 is 11.1 Å². The van der Waals surface area contributed by atoms with Crippen molar-refractivity contribution in [2.45, 2.75) is 13.0 Å². The lowest BCUT2D eigenvalue weighted by atomic mass is 9.98. The molecule has 1 aliphatic heterocycles. The molecule has 1 aliphatic rings. The number of para-hydroxylation sites is 1. The van der Waals surface area contributed by atoms with E-state index < -0.39 is 0 Å². The van der Waals surface area contributed by atoms with E-state index in [1.54, 1.807) is 6.20 Å². The molecule has 1 aromatic carbocycles. The third-order valence-corrected chi connectivity index (χ3v) is 4.05. The summed E-state index contributed by atoms with van der Waals surface area (Å²) in [4.78, 5) is 17.1. The normalized spacial score (nSPS) is 14.0. The highest BCUT2D eigenvalue weighted by atomic mass is 16.2. The number of carbonyl (C=O) groups excluding carboxylic acids is 1. The number of hydrogen-bond donors (Lipinski definition) is 2. The number of nitrogens with two attached hydrogens (primary N) is 1. The molecule has 6 nitrogen and oxygen atoms in total. The number of aromatic nitrogens is 3. The highest BCUT2D eigenvalue weighted by Crippen LogP contribution is 2.23. The lowest BCUT2D eigenvalue weighted by Crippen LogP contribution is -2.27. The van der Waals surface area contributed by atoms with Gasteiger partial charge in [-0.25, -0.2) is 0 Å². The quantitative estimate of drug-likeness (QED) is 0.707. The summed E-state index contributed by atoms with van der Waals surface area (Å²) >= 11 is 0. The summed E-state index contributed by atoms with van der Waals surface area (Å²) in [5, 5.41) is 8.29. The topological polar surface area (TPSA) is 85.8 Å². The van der Waals surface area contributed by atoms with Crippen LogP contribution in [0.1, 0.15) is 21.5 Å². The maximum Gasteiger partial charge on any atom is 0.280 e. The van der Waals surface area contributed by atoms with Crippen LogP contribution in [0.25, 0.3) is 10.9 Å².